The molecule has 6 rings (SSSR count). The lowest BCUT2D eigenvalue weighted by Crippen LogP contribution is -2.82. The van der Waals surface area contributed by atoms with Crippen LogP contribution in [-0.2, 0) is 47.6 Å². The Bertz CT molecular complexity index is 2060. The van der Waals surface area contributed by atoms with E-state index in [1.807, 2.05) is 0 Å². The van der Waals surface area contributed by atoms with Crippen LogP contribution in [-0.4, -0.2) is 111 Å². The van der Waals surface area contributed by atoms with Crippen LogP contribution in [0.5, 0.6) is 0 Å². The van der Waals surface area contributed by atoms with Crippen LogP contribution < -0.4 is 5.32 Å². The van der Waals surface area contributed by atoms with Gasteiger partial charge in [0.05, 0.1) is 35.6 Å². The summed E-state index contributed by atoms with van der Waals surface area (Å²) < 4.78 is 35.5. The summed E-state index contributed by atoms with van der Waals surface area (Å²) in [6.45, 7) is 12.9. The van der Waals surface area contributed by atoms with Crippen molar-refractivity contribution in [1.29, 1.82) is 0 Å². The minimum absolute atomic E-state index is 0.00819. The Labute approximate surface area is 351 Å². The predicted octanol–water partition coefficient (Wildman–Crippen LogP) is 3.89. The number of rotatable bonds is 9. The van der Waals surface area contributed by atoms with Gasteiger partial charge in [-0.05, 0) is 80.3 Å². The van der Waals surface area contributed by atoms with Gasteiger partial charge in [0, 0.05) is 32.1 Å². The molecule has 4 N–H and O–H groups in total. The molecule has 60 heavy (non-hydrogen) atoms. The molecule has 0 radical (unpaired) electrons. The van der Waals surface area contributed by atoms with E-state index in [2.05, 4.69) is 5.32 Å². The monoisotopic (exact) mass is 855 g/mol. The molecular formula is C43H53NO15S. The van der Waals surface area contributed by atoms with E-state index in [0.717, 1.165) is 13.8 Å². The maximum atomic E-state index is 15.4. The van der Waals surface area contributed by atoms with E-state index in [0.29, 0.717) is 5.56 Å². The number of fused-ring (bicyclic) bond motifs is 5. The van der Waals surface area contributed by atoms with Gasteiger partial charge in [-0.3, -0.25) is 14.4 Å². The Morgan fingerprint density at radius 2 is 1.65 bits per heavy atom. The number of esters is 4. The van der Waals surface area contributed by atoms with Gasteiger partial charge in [-0.15, -0.1) is 0 Å². The number of hydrogen-bond acceptors (Lipinski definition) is 16. The fraction of sp³-hybridized carbons (Fsp3) is 0.581. The number of carbonyl (C=O) groups excluding carboxylic acids is 6. The molecule has 11 atom stereocenters. The highest BCUT2D eigenvalue weighted by atomic mass is 32.1. The maximum Gasteiger partial charge on any atom is 0.408 e. The van der Waals surface area contributed by atoms with Crippen LogP contribution in [0.4, 0.5) is 4.79 Å². The van der Waals surface area contributed by atoms with Crippen molar-refractivity contribution in [2.75, 3.05) is 6.61 Å². The number of amides is 1. The van der Waals surface area contributed by atoms with Crippen LogP contribution in [0, 0.1) is 16.7 Å². The second-order valence-corrected chi connectivity index (χ2v) is 18.6. The van der Waals surface area contributed by atoms with Crippen LogP contribution >= 0.6 is 11.3 Å². The Hall–Kier alpha value is -4.68. The summed E-state index contributed by atoms with van der Waals surface area (Å²) in [4.78, 5) is 82.6. The summed E-state index contributed by atoms with van der Waals surface area (Å²) in [5.41, 5.74) is -8.21. The van der Waals surface area contributed by atoms with E-state index < -0.39 is 118 Å². The van der Waals surface area contributed by atoms with Crippen molar-refractivity contribution >= 4 is 47.1 Å². The topological polar surface area (TPSA) is 231 Å². The van der Waals surface area contributed by atoms with Crippen LogP contribution in [0.2, 0.25) is 0 Å². The summed E-state index contributed by atoms with van der Waals surface area (Å²) in [6.07, 6.45) is -11.5. The van der Waals surface area contributed by atoms with Gasteiger partial charge in [0.15, 0.2) is 23.6 Å². The number of aliphatic hydroxyl groups excluding tert-OH is 2. The third-order valence-corrected chi connectivity index (χ3v) is 13.3. The number of Topliss-reactive ketones (excluding diaryl/α,β-unsaturated/α-hetero) is 1. The molecule has 1 aromatic carbocycles. The molecule has 3 aliphatic carbocycles. The number of ether oxygens (including phenoxy) is 6. The van der Waals surface area contributed by atoms with Gasteiger partial charge in [-0.1, -0.05) is 32.0 Å². The third kappa shape index (κ3) is 7.63. The molecule has 16 nitrogen and oxygen atoms in total. The van der Waals surface area contributed by atoms with E-state index in [-0.39, 0.29) is 29.7 Å². The summed E-state index contributed by atoms with van der Waals surface area (Å²) in [6, 6.07) is 8.05. The maximum absolute atomic E-state index is 15.4. The van der Waals surface area contributed by atoms with E-state index in [9.17, 15) is 39.3 Å². The molecule has 2 aromatic rings. The van der Waals surface area contributed by atoms with Crippen molar-refractivity contribution in [3.8, 4) is 0 Å². The number of hydrogen-bond donors (Lipinski definition) is 4. The molecule has 3 fully saturated rings. The van der Waals surface area contributed by atoms with Crippen LogP contribution in [0.1, 0.15) is 97.1 Å². The largest absolute Gasteiger partial charge is 0.456 e. The zero-order chi connectivity index (χ0) is 44.3. The molecule has 1 aromatic heterocycles. The van der Waals surface area contributed by atoms with Crippen molar-refractivity contribution in [2.45, 2.75) is 135 Å². The molecule has 2 saturated carbocycles. The van der Waals surface area contributed by atoms with Gasteiger partial charge < -0.3 is 49.1 Å². The van der Waals surface area contributed by atoms with Crippen molar-refractivity contribution in [1.82, 2.24) is 5.32 Å². The van der Waals surface area contributed by atoms with Gasteiger partial charge in [-0.2, -0.15) is 11.3 Å². The number of alkyl carbamates (subject to hydrolysis) is 1. The Balaban J connectivity index is 1.54. The predicted molar refractivity (Wildman–Crippen MR) is 211 cm³/mol. The number of ketones is 1. The molecule has 1 amide bonds. The van der Waals surface area contributed by atoms with Gasteiger partial charge in [0.25, 0.3) is 0 Å². The van der Waals surface area contributed by atoms with E-state index in [4.69, 9.17) is 28.4 Å². The Kier molecular flexibility index (Phi) is 11.9. The zero-order valence-corrected chi connectivity index (χ0v) is 35.8. The second kappa shape index (κ2) is 16.0. The lowest BCUT2D eigenvalue weighted by Gasteiger charge is -2.67. The van der Waals surface area contributed by atoms with Gasteiger partial charge in [0.1, 0.15) is 29.5 Å². The quantitative estimate of drug-likeness (QED) is 0.159. The molecule has 1 saturated heterocycles. The minimum Gasteiger partial charge on any atom is -0.456 e. The van der Waals surface area contributed by atoms with Crippen LogP contribution in [0.25, 0.3) is 0 Å². The zero-order valence-electron chi connectivity index (χ0n) is 35.0. The SMILES string of the molecule is CC(=O)O[C@H]1C(=O)[C@@]2(C)[C@H]([C@H](OC(=O)c3ccccc3)[C@]3(O)C[C@H](OC(=O)[C@H](O)[C@@H](NC(=O)OC(C)(C)C)c4ccsc4)C(C)=C1C3(C)C)[C@]1(OC(C)=O)CO[C@@H]1C[C@@H]2O. The Morgan fingerprint density at radius 3 is 2.20 bits per heavy atom. The fourth-order valence-electron chi connectivity index (χ4n) is 9.59. The van der Waals surface area contributed by atoms with Crippen LogP contribution in [0.15, 0.2) is 58.3 Å². The second-order valence-electron chi connectivity index (χ2n) is 17.8. The molecule has 0 spiro atoms. The van der Waals surface area contributed by atoms with Gasteiger partial charge >= 0.3 is 30.0 Å². The first-order valence-corrected chi connectivity index (χ1v) is 20.6. The van der Waals surface area contributed by atoms with E-state index in [1.54, 1.807) is 69.6 Å². The molecule has 1 aliphatic heterocycles. The van der Waals surface area contributed by atoms with E-state index in [1.165, 1.54) is 37.3 Å². The number of thiophene rings is 1. The Morgan fingerprint density at radius 1 is 0.983 bits per heavy atom. The van der Waals surface area contributed by atoms with Crippen molar-refractivity contribution < 1.29 is 72.5 Å². The first-order chi connectivity index (χ1) is 27.9. The first kappa shape index (κ1) is 44.9. The summed E-state index contributed by atoms with van der Waals surface area (Å²) in [7, 11) is 0. The average Bonchev–Trinajstić information content (AvgIpc) is 3.69. The standard InChI is InChI=1S/C43H53NO15S/c1-21-26(56-37(51)31(48)30(25-15-16-60-19-25)44-38(52)59-39(4,5)6)18-43(53)35(57-36(50)24-13-11-10-12-14-24)33-41(9,27(47)17-28-42(33,20-54-28)58-23(3)46)34(49)32(55-22(2)45)29(21)40(43,7)8/h10-16,19,26-28,30-33,35,47-48,53H,17-18,20H2,1-9H3,(H,44,52)/t26-,27-,28+,30-,31+,32+,33-,35-,41+,42-,43+/m0/s1. The fourth-order valence-corrected chi connectivity index (χ4v) is 10.3. The first-order valence-electron chi connectivity index (χ1n) is 19.7. The molecule has 0 unspecified atom stereocenters. The van der Waals surface area contributed by atoms with E-state index >= 15 is 4.79 Å². The number of aliphatic hydroxyl groups is 3. The lowest BCUT2D eigenvalue weighted by atomic mass is 9.44. The summed E-state index contributed by atoms with van der Waals surface area (Å²) >= 11 is 1.24. The number of benzene rings is 1. The smallest absolute Gasteiger partial charge is 0.408 e. The highest BCUT2D eigenvalue weighted by molar-refractivity contribution is 7.08. The molecule has 2 heterocycles. The van der Waals surface area contributed by atoms with Crippen molar-refractivity contribution in [2.24, 2.45) is 16.7 Å². The molecule has 17 heteroatoms. The number of nitrogens with one attached hydrogen (secondary N) is 1. The summed E-state index contributed by atoms with van der Waals surface area (Å²) in [5.74, 6) is -6.28. The molecule has 2 bridgehead atoms. The molecule has 4 aliphatic rings. The number of carbonyl (C=O) groups is 6. The van der Waals surface area contributed by atoms with Gasteiger partial charge in [0.2, 0.25) is 0 Å². The third-order valence-electron chi connectivity index (χ3n) is 12.6. The molecule has 326 valence electrons. The molecular weight excluding hydrogens is 803 g/mol. The average molecular weight is 856 g/mol. The highest BCUT2D eigenvalue weighted by Crippen LogP contribution is 2.64. The highest BCUT2D eigenvalue weighted by Gasteiger charge is 2.78. The van der Waals surface area contributed by atoms with Gasteiger partial charge in [-0.25, -0.2) is 14.4 Å². The minimum atomic E-state index is -2.39. The lowest BCUT2D eigenvalue weighted by molar-refractivity contribution is -0.346. The normalized spacial score (nSPS) is 32.9. The summed E-state index contributed by atoms with van der Waals surface area (Å²) in [5, 5.41) is 43.1. The van der Waals surface area contributed by atoms with Crippen LogP contribution in [0.3, 0.4) is 0 Å². The van der Waals surface area contributed by atoms with Crippen molar-refractivity contribution in [3.05, 3.63) is 69.4 Å². The van der Waals surface area contributed by atoms with Crippen molar-refractivity contribution in [3.63, 3.8) is 0 Å².